The Hall–Kier alpha value is -2.08. The summed E-state index contributed by atoms with van der Waals surface area (Å²) in [5.74, 6) is -0.948. The summed E-state index contributed by atoms with van der Waals surface area (Å²) in [5.41, 5.74) is 2.15. The Morgan fingerprint density at radius 3 is 2.56 bits per heavy atom. The molecule has 0 aliphatic carbocycles. The number of ether oxygens (including phenoxy) is 1. The van der Waals surface area contributed by atoms with Crippen LogP contribution < -0.4 is 10.2 Å². The van der Waals surface area contributed by atoms with Gasteiger partial charge in [-0.3, -0.25) is 0 Å². The van der Waals surface area contributed by atoms with E-state index < -0.39 is 20.1 Å². The smallest absolute Gasteiger partial charge is 0.335 e. The van der Waals surface area contributed by atoms with Crippen molar-refractivity contribution in [1.29, 1.82) is 0 Å². The minimum atomic E-state index is -2.45. The third kappa shape index (κ3) is 5.45. The van der Waals surface area contributed by atoms with Gasteiger partial charge < -0.3 is 20.1 Å². The van der Waals surface area contributed by atoms with E-state index in [2.05, 4.69) is 5.32 Å². The monoisotopic (exact) mass is 387 g/mol. The van der Waals surface area contributed by atoms with E-state index >= 15 is 0 Å². The van der Waals surface area contributed by atoms with Gasteiger partial charge in [0.2, 0.25) is 8.00 Å². The molecule has 1 heterocycles. The predicted octanol–water partition coefficient (Wildman–Crippen LogP) is 1.36. The van der Waals surface area contributed by atoms with E-state index in [4.69, 9.17) is 9.84 Å². The molecule has 1 fully saturated rings. The Kier molecular flexibility index (Phi) is 6.72. The van der Waals surface area contributed by atoms with Crippen LogP contribution in [-0.2, 0) is 17.6 Å². The van der Waals surface area contributed by atoms with E-state index in [0.29, 0.717) is 31.3 Å². The standard InChI is InChI=1S/C20H22NO5P/c22-20(23)16-8-4-7-15(9-16)10-17-13-26-18(12-21-17)19(27(24)25)11-14-5-2-1-3-6-14/h1-9,17-18,21H,10-13H2,(H,22,23)(H,24,25)/t17-,18-/m1/s1. The molecule has 1 aliphatic rings. The molecule has 7 heteroatoms. The van der Waals surface area contributed by atoms with Crippen molar-refractivity contribution in [2.24, 2.45) is 0 Å². The molecule has 27 heavy (non-hydrogen) atoms. The maximum Gasteiger partial charge on any atom is 0.335 e. The molecule has 0 amide bonds. The molecule has 0 radical (unpaired) electrons. The van der Waals surface area contributed by atoms with Crippen LogP contribution in [0.2, 0.25) is 0 Å². The first-order valence-electron chi connectivity index (χ1n) is 8.76. The van der Waals surface area contributed by atoms with Gasteiger partial charge in [0, 0.05) is 19.0 Å². The maximum absolute atomic E-state index is 11.8. The number of hydrogen-bond acceptors (Lipinski definition) is 5. The van der Waals surface area contributed by atoms with Crippen molar-refractivity contribution in [3.05, 3.63) is 71.3 Å². The number of carbonyl (C=O) groups is 1. The molecule has 0 bridgehead atoms. The van der Waals surface area contributed by atoms with Crippen molar-refractivity contribution in [3.8, 4) is 0 Å². The van der Waals surface area contributed by atoms with Gasteiger partial charge in [-0.2, -0.15) is 4.89 Å². The zero-order valence-corrected chi connectivity index (χ0v) is 15.6. The summed E-state index contributed by atoms with van der Waals surface area (Å²) < 4.78 is 5.88. The first-order chi connectivity index (χ1) is 13.0. The second kappa shape index (κ2) is 9.22. The summed E-state index contributed by atoms with van der Waals surface area (Å²) in [7, 11) is -2.45. The van der Waals surface area contributed by atoms with Gasteiger partial charge in [-0.15, -0.1) is 0 Å². The van der Waals surface area contributed by atoms with E-state index in [0.717, 1.165) is 11.1 Å². The highest BCUT2D eigenvalue weighted by atomic mass is 31.1. The molecule has 3 N–H and O–H groups in total. The number of nitrogens with one attached hydrogen (secondary N) is 1. The largest absolute Gasteiger partial charge is 0.603 e. The molecule has 142 valence electrons. The fourth-order valence-corrected chi connectivity index (χ4v) is 3.92. The van der Waals surface area contributed by atoms with Crippen LogP contribution in [0.1, 0.15) is 21.5 Å². The Morgan fingerprint density at radius 1 is 1.19 bits per heavy atom. The average molecular weight is 387 g/mol. The lowest BCUT2D eigenvalue weighted by atomic mass is 10.0. The minimum absolute atomic E-state index is 0.0276. The summed E-state index contributed by atoms with van der Waals surface area (Å²) in [6.07, 6.45) is 0.623. The van der Waals surface area contributed by atoms with Crippen LogP contribution in [0.5, 0.6) is 0 Å². The number of hydrogen-bond donors (Lipinski definition) is 3. The first kappa shape index (κ1) is 19.7. The zero-order valence-electron chi connectivity index (χ0n) is 14.7. The van der Waals surface area contributed by atoms with Gasteiger partial charge in [0.15, 0.2) is 5.29 Å². The Bertz CT molecular complexity index is 812. The number of carboxylic acid groups (broad SMARTS) is 1. The van der Waals surface area contributed by atoms with Crippen LogP contribution in [0.25, 0.3) is 0 Å². The Morgan fingerprint density at radius 2 is 1.93 bits per heavy atom. The summed E-state index contributed by atoms with van der Waals surface area (Å²) in [4.78, 5) is 32.6. The molecule has 6 nitrogen and oxygen atoms in total. The third-order valence-electron chi connectivity index (χ3n) is 4.59. The molecule has 0 aromatic heterocycles. The number of aromatic carboxylic acids is 1. The fourth-order valence-electron chi connectivity index (χ4n) is 3.19. The molecule has 1 unspecified atom stereocenters. The molecule has 3 rings (SSSR count). The van der Waals surface area contributed by atoms with Gasteiger partial charge in [0.25, 0.3) is 0 Å². The summed E-state index contributed by atoms with van der Waals surface area (Å²) in [6.45, 7) is 0.844. The Labute approximate surface area is 159 Å². The second-order valence-electron chi connectivity index (χ2n) is 6.56. The van der Waals surface area contributed by atoms with E-state index in [9.17, 15) is 14.6 Å². The van der Waals surface area contributed by atoms with Crippen molar-refractivity contribution in [3.63, 3.8) is 0 Å². The first-order valence-corrected chi connectivity index (χ1v) is 9.97. The van der Waals surface area contributed by atoms with Gasteiger partial charge in [-0.25, -0.2) is 4.79 Å². The molecule has 2 aromatic rings. The minimum Gasteiger partial charge on any atom is -0.603 e. The average Bonchev–Trinajstić information content (AvgIpc) is 2.68. The lowest BCUT2D eigenvalue weighted by Crippen LogP contribution is -2.50. The lowest BCUT2D eigenvalue weighted by Gasteiger charge is -2.30. The third-order valence-corrected chi connectivity index (χ3v) is 5.53. The van der Waals surface area contributed by atoms with Crippen LogP contribution in [0.4, 0.5) is 0 Å². The second-order valence-corrected chi connectivity index (χ2v) is 7.68. The molecule has 3 atom stereocenters. The number of morpholine rings is 1. The zero-order chi connectivity index (χ0) is 19.2. The molecule has 1 saturated heterocycles. The van der Waals surface area contributed by atoms with Crippen LogP contribution in [0.3, 0.4) is 0 Å². The van der Waals surface area contributed by atoms with Crippen LogP contribution in [0.15, 0.2) is 54.6 Å². The normalized spacial score (nSPS) is 20.8. The molecule has 2 aromatic carbocycles. The van der Waals surface area contributed by atoms with E-state index in [-0.39, 0.29) is 11.6 Å². The van der Waals surface area contributed by atoms with Crippen molar-refractivity contribution < 1.29 is 24.4 Å². The highest BCUT2D eigenvalue weighted by Gasteiger charge is 2.29. The van der Waals surface area contributed by atoms with E-state index in [1.54, 1.807) is 18.2 Å². The highest BCUT2D eigenvalue weighted by molar-refractivity contribution is 7.46. The molecular weight excluding hydrogens is 365 g/mol. The SMILES string of the molecule is O=C(O)c1cccc(C[C@@H]2CO[C@@H](C(Cc3ccccc3)=[P+]([O-])O)CN2)c1. The topological polar surface area (TPSA) is 102 Å². The van der Waals surface area contributed by atoms with Crippen molar-refractivity contribution in [1.82, 2.24) is 5.32 Å². The summed E-state index contributed by atoms with van der Waals surface area (Å²) in [5, 5.41) is 12.9. The highest BCUT2D eigenvalue weighted by Crippen LogP contribution is 2.19. The van der Waals surface area contributed by atoms with Crippen LogP contribution in [-0.4, -0.2) is 46.6 Å². The lowest BCUT2D eigenvalue weighted by molar-refractivity contribution is -0.168. The van der Waals surface area contributed by atoms with Gasteiger partial charge in [0.1, 0.15) is 6.10 Å². The van der Waals surface area contributed by atoms with Gasteiger partial charge in [-0.1, -0.05) is 42.5 Å². The predicted molar refractivity (Wildman–Crippen MR) is 103 cm³/mol. The van der Waals surface area contributed by atoms with E-state index in [1.807, 2.05) is 36.4 Å². The number of benzene rings is 2. The van der Waals surface area contributed by atoms with Crippen LogP contribution in [0, 0.1) is 0 Å². The molecule has 0 saturated carbocycles. The van der Waals surface area contributed by atoms with Crippen molar-refractivity contribution in [2.75, 3.05) is 13.2 Å². The van der Waals surface area contributed by atoms with E-state index in [1.165, 1.54) is 0 Å². The fraction of sp³-hybridized carbons (Fsp3) is 0.300. The molecular formula is C20H22NO5P. The molecule has 1 aliphatic heterocycles. The summed E-state index contributed by atoms with van der Waals surface area (Å²) in [6, 6.07) is 16.4. The van der Waals surface area contributed by atoms with Gasteiger partial charge in [-0.05, 0) is 29.7 Å². The van der Waals surface area contributed by atoms with Crippen molar-refractivity contribution >= 4 is 19.3 Å². The van der Waals surface area contributed by atoms with Gasteiger partial charge >= 0.3 is 5.97 Å². The quantitative estimate of drug-likeness (QED) is 0.647. The number of rotatable bonds is 6. The maximum atomic E-state index is 11.8. The summed E-state index contributed by atoms with van der Waals surface area (Å²) >= 11 is 0. The Balaban J connectivity index is 1.60. The van der Waals surface area contributed by atoms with Gasteiger partial charge in [0.05, 0.1) is 12.2 Å². The van der Waals surface area contributed by atoms with Crippen molar-refractivity contribution in [2.45, 2.75) is 25.0 Å². The van der Waals surface area contributed by atoms with Crippen LogP contribution >= 0.6 is 8.00 Å². The number of carboxylic acids is 1. The molecule has 0 spiro atoms.